The maximum absolute atomic E-state index is 12.3. The van der Waals surface area contributed by atoms with Gasteiger partial charge in [0.1, 0.15) is 5.76 Å². The van der Waals surface area contributed by atoms with Crippen molar-refractivity contribution in [2.45, 2.75) is 46.0 Å². The number of hydrogen-bond donors (Lipinski definition) is 1. The molecular weight excluding hydrogens is 258 g/mol. The first-order chi connectivity index (χ1) is 9.29. The second-order valence-corrected chi connectivity index (χ2v) is 5.61. The van der Waals surface area contributed by atoms with Gasteiger partial charge in [-0.05, 0) is 12.8 Å². The summed E-state index contributed by atoms with van der Waals surface area (Å²) in [6, 6.07) is 0. The van der Waals surface area contributed by atoms with Crippen molar-refractivity contribution in [3.05, 3.63) is 11.3 Å². The van der Waals surface area contributed by atoms with Crippen LogP contribution in [0.25, 0.3) is 0 Å². The van der Waals surface area contributed by atoms with Gasteiger partial charge in [0.25, 0.3) is 0 Å². The molecule has 1 aliphatic carbocycles. The van der Waals surface area contributed by atoms with Crippen LogP contribution < -0.4 is 0 Å². The third-order valence-corrected chi connectivity index (χ3v) is 3.87. The van der Waals surface area contributed by atoms with Crippen molar-refractivity contribution in [2.24, 2.45) is 5.41 Å². The van der Waals surface area contributed by atoms with Crippen molar-refractivity contribution in [3.8, 4) is 0 Å². The summed E-state index contributed by atoms with van der Waals surface area (Å²) in [4.78, 5) is 38.1. The number of ketones is 2. The lowest BCUT2D eigenvalue weighted by atomic mass is 9.68. The minimum absolute atomic E-state index is 0.00460. The van der Waals surface area contributed by atoms with Gasteiger partial charge in [-0.15, -0.1) is 0 Å². The zero-order valence-corrected chi connectivity index (χ0v) is 12.7. The maximum Gasteiger partial charge on any atom is 0.229 e. The second-order valence-electron chi connectivity index (χ2n) is 5.61. The summed E-state index contributed by atoms with van der Waals surface area (Å²) in [6.07, 6.45) is 1.40. The molecule has 1 fully saturated rings. The number of carbonyl (C=O) groups excluding carboxylic acids is 3. The van der Waals surface area contributed by atoms with Crippen LogP contribution in [0.2, 0.25) is 0 Å². The van der Waals surface area contributed by atoms with Crippen LogP contribution in [-0.2, 0) is 14.4 Å². The molecule has 0 aromatic heterocycles. The highest BCUT2D eigenvalue weighted by molar-refractivity contribution is 6.24. The predicted octanol–water partition coefficient (Wildman–Crippen LogP) is 2.02. The molecule has 0 saturated heterocycles. The number of nitrogens with zero attached hydrogens (tertiary/aromatic N) is 1. The standard InChI is InChI=1S/C15H23NO4/c1-5-7-10(17)13-11(18)8-15(6-2,9-12(13)19)14(20)16(3)4/h17H,5-9H2,1-4H3. The maximum atomic E-state index is 12.3. The molecule has 0 aromatic carbocycles. The van der Waals surface area contributed by atoms with E-state index in [1.807, 2.05) is 13.8 Å². The van der Waals surface area contributed by atoms with E-state index in [1.165, 1.54) is 4.90 Å². The minimum Gasteiger partial charge on any atom is -0.511 e. The molecule has 0 radical (unpaired) electrons. The second kappa shape index (κ2) is 6.20. The van der Waals surface area contributed by atoms with E-state index in [-0.39, 0.29) is 30.1 Å². The lowest BCUT2D eigenvalue weighted by Gasteiger charge is -2.36. The molecule has 0 aromatic rings. The van der Waals surface area contributed by atoms with Gasteiger partial charge in [0.2, 0.25) is 5.91 Å². The molecule has 0 atom stereocenters. The Labute approximate surface area is 119 Å². The van der Waals surface area contributed by atoms with Crippen LogP contribution in [0, 0.1) is 5.41 Å². The van der Waals surface area contributed by atoms with Gasteiger partial charge in [-0.2, -0.15) is 0 Å². The SMILES string of the molecule is CCCC(O)=C1C(=O)CC(CC)(C(=O)N(C)C)CC1=O. The Morgan fingerprint density at radius 2 is 1.70 bits per heavy atom. The summed E-state index contributed by atoms with van der Waals surface area (Å²) in [5.41, 5.74) is -1.05. The summed E-state index contributed by atoms with van der Waals surface area (Å²) in [5.74, 6) is -1.16. The number of aliphatic hydroxyl groups is 1. The van der Waals surface area contributed by atoms with Crippen molar-refractivity contribution in [2.75, 3.05) is 14.1 Å². The Morgan fingerprint density at radius 3 is 2.05 bits per heavy atom. The fourth-order valence-electron chi connectivity index (χ4n) is 2.72. The van der Waals surface area contributed by atoms with Gasteiger partial charge < -0.3 is 10.0 Å². The molecule has 20 heavy (non-hydrogen) atoms. The molecule has 1 N–H and O–H groups in total. The summed E-state index contributed by atoms with van der Waals surface area (Å²) < 4.78 is 0. The van der Waals surface area contributed by atoms with Crippen LogP contribution in [-0.4, -0.2) is 41.6 Å². The van der Waals surface area contributed by atoms with E-state index in [9.17, 15) is 19.5 Å². The Kier molecular flexibility index (Phi) is 5.09. The van der Waals surface area contributed by atoms with Crippen LogP contribution in [0.15, 0.2) is 11.3 Å². The molecule has 1 amide bonds. The highest BCUT2D eigenvalue weighted by atomic mass is 16.3. The molecule has 5 heteroatoms. The zero-order chi connectivity index (χ0) is 15.5. The van der Waals surface area contributed by atoms with E-state index in [0.717, 1.165) is 0 Å². The van der Waals surface area contributed by atoms with E-state index in [1.54, 1.807) is 14.1 Å². The molecule has 112 valence electrons. The molecular formula is C15H23NO4. The van der Waals surface area contributed by atoms with Crippen LogP contribution >= 0.6 is 0 Å². The van der Waals surface area contributed by atoms with E-state index in [4.69, 9.17) is 0 Å². The topological polar surface area (TPSA) is 74.7 Å². The number of Topliss-reactive ketones (excluding diaryl/α,β-unsaturated/α-hetero) is 2. The number of rotatable bonds is 4. The van der Waals surface area contributed by atoms with Crippen molar-refractivity contribution in [3.63, 3.8) is 0 Å². The number of aliphatic hydroxyl groups excluding tert-OH is 1. The number of hydrogen-bond acceptors (Lipinski definition) is 4. The first-order valence-electron chi connectivity index (χ1n) is 6.99. The average molecular weight is 281 g/mol. The smallest absolute Gasteiger partial charge is 0.229 e. The van der Waals surface area contributed by atoms with Gasteiger partial charge in [0, 0.05) is 33.4 Å². The highest BCUT2D eigenvalue weighted by Crippen LogP contribution is 2.40. The quantitative estimate of drug-likeness (QED) is 0.486. The van der Waals surface area contributed by atoms with E-state index >= 15 is 0 Å². The summed E-state index contributed by atoms with van der Waals surface area (Å²) in [5, 5.41) is 9.85. The van der Waals surface area contributed by atoms with Crippen LogP contribution in [0.3, 0.4) is 0 Å². The van der Waals surface area contributed by atoms with Gasteiger partial charge >= 0.3 is 0 Å². The van der Waals surface area contributed by atoms with E-state index < -0.39 is 17.0 Å². The third-order valence-electron chi connectivity index (χ3n) is 3.87. The summed E-state index contributed by atoms with van der Waals surface area (Å²) in [7, 11) is 3.24. The lowest BCUT2D eigenvalue weighted by Crippen LogP contribution is -2.46. The third kappa shape index (κ3) is 2.92. The first-order valence-corrected chi connectivity index (χ1v) is 6.99. The molecule has 1 aliphatic rings. The van der Waals surface area contributed by atoms with Gasteiger partial charge in [0.15, 0.2) is 11.6 Å². The molecule has 1 saturated carbocycles. The van der Waals surface area contributed by atoms with Crippen molar-refractivity contribution in [1.82, 2.24) is 4.90 Å². The van der Waals surface area contributed by atoms with Crippen LogP contribution in [0.4, 0.5) is 0 Å². The molecule has 0 spiro atoms. The highest BCUT2D eigenvalue weighted by Gasteiger charge is 2.47. The molecule has 0 heterocycles. The summed E-state index contributed by atoms with van der Waals surface area (Å²) in [6.45, 7) is 3.67. The predicted molar refractivity (Wildman–Crippen MR) is 75.2 cm³/mol. The molecule has 0 aliphatic heterocycles. The van der Waals surface area contributed by atoms with E-state index in [0.29, 0.717) is 19.3 Å². The van der Waals surface area contributed by atoms with Gasteiger partial charge in [-0.25, -0.2) is 0 Å². The zero-order valence-electron chi connectivity index (χ0n) is 12.7. The fraction of sp³-hybridized carbons (Fsp3) is 0.667. The molecule has 1 rings (SSSR count). The number of allylic oxidation sites excluding steroid dienone is 2. The average Bonchev–Trinajstić information content (AvgIpc) is 2.36. The Morgan fingerprint density at radius 1 is 1.20 bits per heavy atom. The Hall–Kier alpha value is -1.65. The monoisotopic (exact) mass is 281 g/mol. The number of carbonyl (C=O) groups is 3. The minimum atomic E-state index is -0.951. The molecule has 0 unspecified atom stereocenters. The van der Waals surface area contributed by atoms with E-state index in [2.05, 4.69) is 0 Å². The van der Waals surface area contributed by atoms with Crippen molar-refractivity contribution < 1.29 is 19.5 Å². The molecule has 5 nitrogen and oxygen atoms in total. The van der Waals surface area contributed by atoms with Crippen molar-refractivity contribution >= 4 is 17.5 Å². The normalized spacial score (nSPS) is 22.9. The first kappa shape index (κ1) is 16.4. The Balaban J connectivity index is 3.15. The van der Waals surface area contributed by atoms with Gasteiger partial charge in [-0.1, -0.05) is 13.8 Å². The number of amides is 1. The van der Waals surface area contributed by atoms with Crippen LogP contribution in [0.1, 0.15) is 46.0 Å². The largest absolute Gasteiger partial charge is 0.511 e. The van der Waals surface area contributed by atoms with Gasteiger partial charge in [0.05, 0.1) is 11.0 Å². The van der Waals surface area contributed by atoms with Crippen LogP contribution in [0.5, 0.6) is 0 Å². The van der Waals surface area contributed by atoms with Gasteiger partial charge in [-0.3, -0.25) is 14.4 Å². The molecule has 0 bridgehead atoms. The van der Waals surface area contributed by atoms with Crippen molar-refractivity contribution in [1.29, 1.82) is 0 Å². The fourth-order valence-corrected chi connectivity index (χ4v) is 2.72. The Bertz CT molecular complexity index is 442. The summed E-state index contributed by atoms with van der Waals surface area (Å²) >= 11 is 0. The lowest BCUT2D eigenvalue weighted by molar-refractivity contribution is -0.147.